The van der Waals surface area contributed by atoms with Gasteiger partial charge in [0.1, 0.15) is 12.7 Å². The maximum absolute atomic E-state index is 12.9. The van der Waals surface area contributed by atoms with Crippen LogP contribution in [0.15, 0.2) is 49.6 Å². The zero-order chi connectivity index (χ0) is 19.4. The first kappa shape index (κ1) is 18.8. The second kappa shape index (κ2) is 8.16. The van der Waals surface area contributed by atoms with Gasteiger partial charge in [0.15, 0.2) is 0 Å². The second-order valence-electron chi connectivity index (χ2n) is 6.86. The SMILES string of the molecule is C=CC(=O)N1CCC(C(=O)N(C)[C@@H](C)c2ccc(-n3cncn3)cc2)CC1. The molecular weight excluding hydrogens is 342 g/mol. The molecule has 0 radical (unpaired) electrons. The lowest BCUT2D eigenvalue weighted by atomic mass is 9.94. The molecule has 0 unspecified atom stereocenters. The fraction of sp³-hybridized carbons (Fsp3) is 0.400. The Morgan fingerprint density at radius 1 is 1.26 bits per heavy atom. The highest BCUT2D eigenvalue weighted by atomic mass is 16.2. The van der Waals surface area contributed by atoms with Crippen molar-refractivity contribution in [3.8, 4) is 5.69 Å². The minimum atomic E-state index is -0.0601. The van der Waals surface area contributed by atoms with Gasteiger partial charge in [-0.1, -0.05) is 18.7 Å². The molecule has 1 fully saturated rings. The van der Waals surface area contributed by atoms with E-state index in [0.717, 1.165) is 11.3 Å². The standard InChI is InChI=1S/C20H25N5O2/c1-4-19(26)24-11-9-17(10-12-24)20(27)23(3)15(2)16-5-7-18(8-6-16)25-14-21-13-22-25/h4-8,13-15,17H,1,9-12H2,2-3H3/t15-/m0/s1. The number of likely N-dealkylation sites (tertiary alicyclic amines) is 1. The van der Waals surface area contributed by atoms with Crippen molar-refractivity contribution < 1.29 is 9.59 Å². The van der Waals surface area contributed by atoms with E-state index >= 15 is 0 Å². The Morgan fingerprint density at radius 3 is 2.48 bits per heavy atom. The van der Waals surface area contributed by atoms with Crippen molar-refractivity contribution in [2.24, 2.45) is 5.92 Å². The molecule has 0 saturated carbocycles. The highest BCUT2D eigenvalue weighted by molar-refractivity contribution is 5.87. The molecule has 1 aromatic carbocycles. The van der Waals surface area contributed by atoms with Crippen LogP contribution in [0.2, 0.25) is 0 Å². The topological polar surface area (TPSA) is 71.3 Å². The first-order valence-electron chi connectivity index (χ1n) is 9.14. The van der Waals surface area contributed by atoms with E-state index in [1.165, 1.54) is 12.4 Å². The monoisotopic (exact) mass is 367 g/mol. The van der Waals surface area contributed by atoms with E-state index in [9.17, 15) is 9.59 Å². The fourth-order valence-electron chi connectivity index (χ4n) is 3.43. The molecule has 1 atom stereocenters. The molecule has 0 aliphatic carbocycles. The Labute approximate surface area is 159 Å². The molecule has 2 aromatic rings. The highest BCUT2D eigenvalue weighted by Gasteiger charge is 2.30. The predicted octanol–water partition coefficient (Wildman–Crippen LogP) is 2.21. The predicted molar refractivity (Wildman–Crippen MR) is 102 cm³/mol. The average Bonchev–Trinajstić information content (AvgIpc) is 3.26. The van der Waals surface area contributed by atoms with Crippen molar-refractivity contribution >= 4 is 11.8 Å². The lowest BCUT2D eigenvalue weighted by Gasteiger charge is -2.34. The Hall–Kier alpha value is -2.96. The molecule has 1 aromatic heterocycles. The summed E-state index contributed by atoms with van der Waals surface area (Å²) in [5.41, 5.74) is 1.99. The smallest absolute Gasteiger partial charge is 0.245 e. The summed E-state index contributed by atoms with van der Waals surface area (Å²) in [6.07, 6.45) is 5.87. The third-order valence-corrected chi connectivity index (χ3v) is 5.32. The van der Waals surface area contributed by atoms with Gasteiger partial charge in [0.05, 0.1) is 11.7 Å². The number of hydrogen-bond donors (Lipinski definition) is 0. The van der Waals surface area contributed by atoms with Crippen LogP contribution in [0, 0.1) is 5.92 Å². The third-order valence-electron chi connectivity index (χ3n) is 5.32. The molecule has 7 nitrogen and oxygen atoms in total. The summed E-state index contributed by atoms with van der Waals surface area (Å²) in [4.78, 5) is 32.1. The molecule has 1 aliphatic heterocycles. The van der Waals surface area contributed by atoms with Crippen LogP contribution >= 0.6 is 0 Å². The maximum Gasteiger partial charge on any atom is 0.245 e. The lowest BCUT2D eigenvalue weighted by Crippen LogP contribution is -2.43. The van der Waals surface area contributed by atoms with Crippen molar-refractivity contribution in [1.29, 1.82) is 0 Å². The zero-order valence-corrected chi connectivity index (χ0v) is 15.8. The molecule has 2 heterocycles. The van der Waals surface area contributed by atoms with E-state index in [1.807, 2.05) is 38.2 Å². The Balaban J connectivity index is 1.61. The van der Waals surface area contributed by atoms with Crippen LogP contribution < -0.4 is 0 Å². The Morgan fingerprint density at radius 2 is 1.93 bits per heavy atom. The summed E-state index contributed by atoms with van der Waals surface area (Å²) in [5.74, 6) is 0.0318. The number of piperidine rings is 1. The van der Waals surface area contributed by atoms with Crippen LogP contribution in [-0.4, -0.2) is 56.5 Å². The number of carbonyl (C=O) groups is 2. The first-order chi connectivity index (χ1) is 13.0. The van der Waals surface area contributed by atoms with Crippen LogP contribution in [-0.2, 0) is 9.59 Å². The van der Waals surface area contributed by atoms with Gasteiger partial charge in [0.2, 0.25) is 11.8 Å². The van der Waals surface area contributed by atoms with Gasteiger partial charge in [0, 0.05) is 26.1 Å². The van der Waals surface area contributed by atoms with E-state index in [4.69, 9.17) is 0 Å². The Bertz CT molecular complexity index is 792. The lowest BCUT2D eigenvalue weighted by molar-refractivity contribution is -0.139. The summed E-state index contributed by atoms with van der Waals surface area (Å²) in [6, 6.07) is 7.93. The molecule has 0 bridgehead atoms. The summed E-state index contributed by atoms with van der Waals surface area (Å²) in [6.45, 7) is 6.76. The molecule has 27 heavy (non-hydrogen) atoms. The van der Waals surface area contributed by atoms with E-state index in [1.54, 1.807) is 20.8 Å². The number of aromatic nitrogens is 3. The molecule has 7 heteroatoms. The van der Waals surface area contributed by atoms with Crippen molar-refractivity contribution in [3.63, 3.8) is 0 Å². The van der Waals surface area contributed by atoms with Gasteiger partial charge < -0.3 is 9.80 Å². The van der Waals surface area contributed by atoms with Gasteiger partial charge in [-0.15, -0.1) is 0 Å². The highest BCUT2D eigenvalue weighted by Crippen LogP contribution is 2.25. The van der Waals surface area contributed by atoms with E-state index < -0.39 is 0 Å². The van der Waals surface area contributed by atoms with E-state index in [0.29, 0.717) is 25.9 Å². The van der Waals surface area contributed by atoms with Gasteiger partial charge in [-0.2, -0.15) is 5.10 Å². The molecule has 3 rings (SSSR count). The van der Waals surface area contributed by atoms with Crippen LogP contribution in [0.5, 0.6) is 0 Å². The molecule has 142 valence electrons. The minimum absolute atomic E-state index is 0.0323. The summed E-state index contributed by atoms with van der Waals surface area (Å²) >= 11 is 0. The fourth-order valence-corrected chi connectivity index (χ4v) is 3.43. The summed E-state index contributed by atoms with van der Waals surface area (Å²) in [5, 5.41) is 4.12. The van der Waals surface area contributed by atoms with Crippen LogP contribution in [0.1, 0.15) is 31.4 Å². The molecule has 2 amide bonds. The second-order valence-corrected chi connectivity index (χ2v) is 6.86. The van der Waals surface area contributed by atoms with Gasteiger partial charge in [0.25, 0.3) is 0 Å². The van der Waals surface area contributed by atoms with E-state index in [-0.39, 0.29) is 23.8 Å². The quantitative estimate of drug-likeness (QED) is 0.760. The third kappa shape index (κ3) is 4.07. The van der Waals surface area contributed by atoms with Gasteiger partial charge >= 0.3 is 0 Å². The largest absolute Gasteiger partial charge is 0.339 e. The van der Waals surface area contributed by atoms with Gasteiger partial charge in [-0.05, 0) is 43.5 Å². The summed E-state index contributed by atoms with van der Waals surface area (Å²) in [7, 11) is 1.85. The van der Waals surface area contributed by atoms with Gasteiger partial charge in [-0.3, -0.25) is 9.59 Å². The molecule has 1 saturated heterocycles. The first-order valence-corrected chi connectivity index (χ1v) is 9.14. The minimum Gasteiger partial charge on any atom is -0.339 e. The number of rotatable bonds is 5. The van der Waals surface area contributed by atoms with Crippen LogP contribution in [0.3, 0.4) is 0 Å². The van der Waals surface area contributed by atoms with Crippen molar-refractivity contribution in [2.45, 2.75) is 25.8 Å². The van der Waals surface area contributed by atoms with E-state index in [2.05, 4.69) is 16.7 Å². The molecule has 0 spiro atoms. The normalized spacial score (nSPS) is 16.0. The molecule has 0 N–H and O–H groups in total. The molecular formula is C20H25N5O2. The molecule has 1 aliphatic rings. The maximum atomic E-state index is 12.9. The number of nitrogens with zero attached hydrogens (tertiary/aromatic N) is 5. The summed E-state index contributed by atoms with van der Waals surface area (Å²) < 4.78 is 1.70. The number of carbonyl (C=O) groups excluding carboxylic acids is 2. The van der Waals surface area contributed by atoms with Crippen LogP contribution in [0.4, 0.5) is 0 Å². The zero-order valence-electron chi connectivity index (χ0n) is 15.8. The van der Waals surface area contributed by atoms with Crippen molar-refractivity contribution in [3.05, 3.63) is 55.1 Å². The Kier molecular flexibility index (Phi) is 5.69. The van der Waals surface area contributed by atoms with Crippen LogP contribution in [0.25, 0.3) is 5.69 Å². The number of benzene rings is 1. The van der Waals surface area contributed by atoms with Crippen molar-refractivity contribution in [2.75, 3.05) is 20.1 Å². The average molecular weight is 367 g/mol. The van der Waals surface area contributed by atoms with Gasteiger partial charge in [-0.25, -0.2) is 9.67 Å². The number of hydrogen-bond acceptors (Lipinski definition) is 4. The van der Waals surface area contributed by atoms with Crippen molar-refractivity contribution in [1.82, 2.24) is 24.6 Å². The number of amides is 2.